The van der Waals surface area contributed by atoms with Gasteiger partial charge in [-0.2, -0.15) is 5.10 Å². The molecule has 3 nitrogen and oxygen atoms in total. The highest BCUT2D eigenvalue weighted by molar-refractivity contribution is 5.60. The third kappa shape index (κ3) is 1.82. The first-order valence-corrected chi connectivity index (χ1v) is 5.30. The highest BCUT2D eigenvalue weighted by atomic mass is 15.3. The maximum absolute atomic E-state index is 5.77. The lowest BCUT2D eigenvalue weighted by Crippen LogP contribution is -2.09. The molecular formula is C12H17N3. The van der Waals surface area contributed by atoms with Crippen LogP contribution in [0.25, 0.3) is 5.70 Å². The number of rotatable bonds is 1. The van der Waals surface area contributed by atoms with Gasteiger partial charge in [-0.3, -0.25) is 0 Å². The Balaban J connectivity index is 2.33. The molecule has 2 rings (SSSR count). The second-order valence-corrected chi connectivity index (χ2v) is 4.28. The van der Waals surface area contributed by atoms with Crippen LogP contribution in [0.3, 0.4) is 0 Å². The van der Waals surface area contributed by atoms with Crippen molar-refractivity contribution in [2.45, 2.75) is 20.8 Å². The van der Waals surface area contributed by atoms with Crippen molar-refractivity contribution in [3.8, 4) is 0 Å². The number of aromatic nitrogens is 2. The number of hydrogen-bond donors (Lipinski definition) is 1. The third-order valence-corrected chi connectivity index (χ3v) is 3.03. The minimum atomic E-state index is 0.552. The monoisotopic (exact) mass is 203 g/mol. The van der Waals surface area contributed by atoms with E-state index in [0.29, 0.717) is 11.8 Å². The SMILES string of the molecule is Cc1nn(C2=CC(C)C(C)C=C2)cc1N. The number of anilines is 1. The van der Waals surface area contributed by atoms with Crippen molar-refractivity contribution < 1.29 is 0 Å². The number of nitrogen functional groups attached to an aromatic ring is 1. The summed E-state index contributed by atoms with van der Waals surface area (Å²) < 4.78 is 1.85. The maximum Gasteiger partial charge on any atom is 0.0827 e. The van der Waals surface area contributed by atoms with Gasteiger partial charge in [-0.25, -0.2) is 4.68 Å². The fraction of sp³-hybridized carbons (Fsp3) is 0.417. The van der Waals surface area contributed by atoms with Crippen molar-refractivity contribution in [1.29, 1.82) is 0 Å². The first kappa shape index (κ1) is 10.0. The first-order chi connectivity index (χ1) is 7.08. The lowest BCUT2D eigenvalue weighted by Gasteiger charge is -2.18. The lowest BCUT2D eigenvalue weighted by atomic mass is 9.91. The smallest absolute Gasteiger partial charge is 0.0827 e. The molecule has 0 saturated heterocycles. The third-order valence-electron chi connectivity index (χ3n) is 3.03. The molecule has 3 heteroatoms. The van der Waals surface area contributed by atoms with Gasteiger partial charge in [0.25, 0.3) is 0 Å². The molecule has 0 aliphatic heterocycles. The molecule has 80 valence electrons. The van der Waals surface area contributed by atoms with Gasteiger partial charge in [0.05, 0.1) is 23.3 Å². The van der Waals surface area contributed by atoms with Crippen LogP contribution in [0.2, 0.25) is 0 Å². The van der Waals surface area contributed by atoms with Crippen LogP contribution in [-0.2, 0) is 0 Å². The highest BCUT2D eigenvalue weighted by Crippen LogP contribution is 2.25. The van der Waals surface area contributed by atoms with E-state index in [1.165, 1.54) is 0 Å². The molecule has 1 aliphatic carbocycles. The van der Waals surface area contributed by atoms with Crippen LogP contribution in [-0.4, -0.2) is 9.78 Å². The Morgan fingerprint density at radius 3 is 2.60 bits per heavy atom. The first-order valence-electron chi connectivity index (χ1n) is 5.30. The largest absolute Gasteiger partial charge is 0.396 e. The minimum absolute atomic E-state index is 0.552. The topological polar surface area (TPSA) is 43.8 Å². The molecule has 0 amide bonds. The molecule has 15 heavy (non-hydrogen) atoms. The van der Waals surface area contributed by atoms with Gasteiger partial charge >= 0.3 is 0 Å². The summed E-state index contributed by atoms with van der Waals surface area (Å²) in [6.07, 6.45) is 8.43. The molecule has 1 aromatic rings. The van der Waals surface area contributed by atoms with E-state index in [1.54, 1.807) is 0 Å². The van der Waals surface area contributed by atoms with Crippen LogP contribution >= 0.6 is 0 Å². The zero-order chi connectivity index (χ0) is 11.0. The van der Waals surface area contributed by atoms with E-state index in [0.717, 1.165) is 17.1 Å². The molecule has 0 radical (unpaired) electrons. The molecular weight excluding hydrogens is 186 g/mol. The molecule has 1 aromatic heterocycles. The molecule has 2 unspecified atom stereocenters. The van der Waals surface area contributed by atoms with E-state index >= 15 is 0 Å². The lowest BCUT2D eigenvalue weighted by molar-refractivity contribution is 0.550. The van der Waals surface area contributed by atoms with Crippen molar-refractivity contribution >= 4 is 11.4 Å². The molecule has 2 atom stereocenters. The van der Waals surface area contributed by atoms with Gasteiger partial charge in [0.1, 0.15) is 0 Å². The summed E-state index contributed by atoms with van der Waals surface area (Å²) in [5.41, 5.74) is 8.52. The van der Waals surface area contributed by atoms with Crippen LogP contribution in [0.15, 0.2) is 24.4 Å². The van der Waals surface area contributed by atoms with E-state index in [4.69, 9.17) is 5.73 Å². The highest BCUT2D eigenvalue weighted by Gasteiger charge is 2.13. The Labute approximate surface area is 90.3 Å². The Morgan fingerprint density at radius 1 is 1.33 bits per heavy atom. The Bertz CT molecular complexity index is 407. The number of nitrogens with zero attached hydrogens (tertiary/aromatic N) is 2. The Kier molecular flexibility index (Phi) is 2.39. The van der Waals surface area contributed by atoms with Crippen LogP contribution in [0.1, 0.15) is 19.5 Å². The molecule has 0 fully saturated rings. The number of aryl methyl sites for hydroxylation is 1. The summed E-state index contributed by atoms with van der Waals surface area (Å²) in [6.45, 7) is 6.36. The summed E-state index contributed by atoms with van der Waals surface area (Å²) in [5.74, 6) is 1.15. The van der Waals surface area contributed by atoms with Crippen LogP contribution in [0.5, 0.6) is 0 Å². The quantitative estimate of drug-likeness (QED) is 0.762. The fourth-order valence-electron chi connectivity index (χ4n) is 1.66. The number of hydrogen-bond acceptors (Lipinski definition) is 2. The summed E-state index contributed by atoms with van der Waals surface area (Å²) in [7, 11) is 0. The fourth-order valence-corrected chi connectivity index (χ4v) is 1.66. The number of allylic oxidation sites excluding steroid dienone is 4. The summed E-state index contributed by atoms with van der Waals surface area (Å²) in [4.78, 5) is 0. The van der Waals surface area contributed by atoms with Gasteiger partial charge in [-0.05, 0) is 24.8 Å². The van der Waals surface area contributed by atoms with Crippen molar-refractivity contribution in [3.05, 3.63) is 30.1 Å². The Hall–Kier alpha value is -1.51. The van der Waals surface area contributed by atoms with Crippen molar-refractivity contribution in [3.63, 3.8) is 0 Å². The maximum atomic E-state index is 5.77. The predicted molar refractivity (Wildman–Crippen MR) is 63.1 cm³/mol. The zero-order valence-corrected chi connectivity index (χ0v) is 9.44. The summed E-state index contributed by atoms with van der Waals surface area (Å²) in [6, 6.07) is 0. The van der Waals surface area contributed by atoms with Gasteiger partial charge in [0, 0.05) is 0 Å². The van der Waals surface area contributed by atoms with Gasteiger partial charge in [0.2, 0.25) is 0 Å². The molecule has 0 bridgehead atoms. The van der Waals surface area contributed by atoms with Gasteiger partial charge < -0.3 is 5.73 Å². The van der Waals surface area contributed by atoms with E-state index < -0.39 is 0 Å². The molecule has 0 aromatic carbocycles. The molecule has 0 saturated carbocycles. The van der Waals surface area contributed by atoms with E-state index in [9.17, 15) is 0 Å². The Morgan fingerprint density at radius 2 is 2.07 bits per heavy atom. The van der Waals surface area contributed by atoms with Gasteiger partial charge in [-0.15, -0.1) is 0 Å². The van der Waals surface area contributed by atoms with Crippen molar-refractivity contribution in [2.24, 2.45) is 11.8 Å². The second kappa shape index (κ2) is 3.57. The van der Waals surface area contributed by atoms with Crippen LogP contribution in [0, 0.1) is 18.8 Å². The van der Waals surface area contributed by atoms with Gasteiger partial charge in [0.15, 0.2) is 0 Å². The summed E-state index contributed by atoms with van der Waals surface area (Å²) >= 11 is 0. The average molecular weight is 203 g/mol. The number of nitrogens with two attached hydrogens (primary N) is 1. The van der Waals surface area contributed by atoms with Crippen LogP contribution in [0.4, 0.5) is 5.69 Å². The second-order valence-electron chi connectivity index (χ2n) is 4.28. The molecule has 1 heterocycles. The predicted octanol–water partition coefficient (Wildman–Crippen LogP) is 2.46. The van der Waals surface area contributed by atoms with E-state index in [2.05, 4.69) is 37.2 Å². The van der Waals surface area contributed by atoms with Crippen molar-refractivity contribution in [1.82, 2.24) is 9.78 Å². The normalized spacial score (nSPS) is 25.4. The molecule has 1 aliphatic rings. The van der Waals surface area contributed by atoms with E-state index in [-0.39, 0.29) is 0 Å². The molecule has 0 spiro atoms. The summed E-state index contributed by atoms with van der Waals surface area (Å²) in [5, 5.41) is 4.37. The van der Waals surface area contributed by atoms with Gasteiger partial charge in [-0.1, -0.05) is 26.0 Å². The standard InChI is InChI=1S/C12H17N3/c1-8-4-5-11(6-9(8)2)15-7-12(13)10(3)14-15/h4-9H,13H2,1-3H3. The van der Waals surface area contributed by atoms with E-state index in [1.807, 2.05) is 17.8 Å². The average Bonchev–Trinajstić information content (AvgIpc) is 2.52. The van der Waals surface area contributed by atoms with Crippen molar-refractivity contribution in [2.75, 3.05) is 5.73 Å². The zero-order valence-electron chi connectivity index (χ0n) is 9.44. The molecule has 2 N–H and O–H groups in total. The van der Waals surface area contributed by atoms with Crippen LogP contribution < -0.4 is 5.73 Å². The minimum Gasteiger partial charge on any atom is -0.396 e.